The van der Waals surface area contributed by atoms with Crippen LogP contribution in [0.15, 0.2) is 34.9 Å². The smallest absolute Gasteiger partial charge is 0.290 e. The average Bonchev–Trinajstić information content (AvgIpc) is 2.91. The molecule has 0 aliphatic heterocycles. The van der Waals surface area contributed by atoms with Crippen LogP contribution in [0.1, 0.15) is 23.9 Å². The zero-order valence-electron chi connectivity index (χ0n) is 10.9. The van der Waals surface area contributed by atoms with Gasteiger partial charge in [-0.3, -0.25) is 10.1 Å². The van der Waals surface area contributed by atoms with Crippen LogP contribution in [0, 0.1) is 17.0 Å². The van der Waals surface area contributed by atoms with Crippen molar-refractivity contribution in [1.29, 1.82) is 0 Å². The second-order valence-electron chi connectivity index (χ2n) is 4.28. The number of nitro groups is 1. The third-order valence-corrected chi connectivity index (χ3v) is 2.88. The van der Waals surface area contributed by atoms with Crippen molar-refractivity contribution in [3.63, 3.8) is 0 Å². The summed E-state index contributed by atoms with van der Waals surface area (Å²) in [5.41, 5.74) is 0.314. The van der Waals surface area contributed by atoms with E-state index in [1.807, 2.05) is 0 Å². The molecule has 7 heteroatoms. The van der Waals surface area contributed by atoms with Crippen molar-refractivity contribution in [1.82, 2.24) is 4.98 Å². The molecule has 0 radical (unpaired) electrons. The number of aliphatic hydroxyl groups excluding tert-OH is 1. The highest BCUT2D eigenvalue weighted by molar-refractivity contribution is 5.45. The molecule has 2 N–H and O–H groups in total. The van der Waals surface area contributed by atoms with Crippen LogP contribution in [0.25, 0.3) is 0 Å². The minimum atomic E-state index is -0.468. The van der Waals surface area contributed by atoms with Crippen LogP contribution in [-0.4, -0.2) is 21.6 Å². The van der Waals surface area contributed by atoms with Crippen molar-refractivity contribution in [2.45, 2.75) is 19.4 Å². The van der Waals surface area contributed by atoms with Gasteiger partial charge in [0.25, 0.3) is 5.69 Å². The molecule has 0 aliphatic carbocycles. The third-order valence-electron chi connectivity index (χ3n) is 2.88. The van der Waals surface area contributed by atoms with E-state index in [1.165, 1.54) is 6.07 Å². The maximum atomic E-state index is 10.7. The Morgan fingerprint density at radius 2 is 2.30 bits per heavy atom. The van der Waals surface area contributed by atoms with E-state index in [-0.39, 0.29) is 18.3 Å². The lowest BCUT2D eigenvalue weighted by Gasteiger charge is -2.16. The maximum absolute atomic E-state index is 10.7. The monoisotopic (exact) mass is 277 g/mol. The molecule has 2 heterocycles. The lowest BCUT2D eigenvalue weighted by atomic mass is 10.1. The first kappa shape index (κ1) is 14.0. The molecule has 0 aliphatic rings. The Morgan fingerprint density at radius 3 is 2.85 bits per heavy atom. The number of hydrogen-bond donors (Lipinski definition) is 2. The van der Waals surface area contributed by atoms with Crippen molar-refractivity contribution in [2.75, 3.05) is 11.9 Å². The summed E-state index contributed by atoms with van der Waals surface area (Å²) in [6, 6.07) is 6.27. The molecular formula is C13H15N3O4. The summed E-state index contributed by atoms with van der Waals surface area (Å²) in [4.78, 5) is 14.4. The molecule has 7 nitrogen and oxygen atoms in total. The summed E-state index contributed by atoms with van der Waals surface area (Å²) in [7, 11) is 0. The number of aliphatic hydroxyl groups is 1. The summed E-state index contributed by atoms with van der Waals surface area (Å²) in [5.74, 6) is 1.18. The van der Waals surface area contributed by atoms with Crippen molar-refractivity contribution >= 4 is 11.5 Å². The van der Waals surface area contributed by atoms with E-state index >= 15 is 0 Å². The fraction of sp³-hybridized carbons (Fsp3) is 0.308. The molecule has 2 aromatic heterocycles. The van der Waals surface area contributed by atoms with Crippen molar-refractivity contribution in [2.24, 2.45) is 0 Å². The fourth-order valence-electron chi connectivity index (χ4n) is 1.91. The first-order valence-electron chi connectivity index (χ1n) is 6.14. The van der Waals surface area contributed by atoms with Gasteiger partial charge in [0.15, 0.2) is 0 Å². The number of hydrogen-bond acceptors (Lipinski definition) is 6. The highest BCUT2D eigenvalue weighted by atomic mass is 16.6. The van der Waals surface area contributed by atoms with Crippen LogP contribution in [0.4, 0.5) is 11.5 Å². The summed E-state index contributed by atoms with van der Waals surface area (Å²) in [5, 5.41) is 22.9. The van der Waals surface area contributed by atoms with Gasteiger partial charge < -0.3 is 14.8 Å². The molecule has 1 unspecified atom stereocenters. The maximum Gasteiger partial charge on any atom is 0.290 e. The van der Waals surface area contributed by atoms with E-state index < -0.39 is 4.92 Å². The lowest BCUT2D eigenvalue weighted by molar-refractivity contribution is -0.385. The number of furan rings is 1. The SMILES string of the molecule is Cc1nc(NC(CCO)c2ccco2)ccc1[N+](=O)[O-]. The normalized spacial score (nSPS) is 12.1. The molecule has 0 aromatic carbocycles. The lowest BCUT2D eigenvalue weighted by Crippen LogP contribution is -2.13. The van der Waals surface area contributed by atoms with Gasteiger partial charge in [-0.25, -0.2) is 4.98 Å². The predicted molar refractivity (Wildman–Crippen MR) is 72.4 cm³/mol. The zero-order chi connectivity index (χ0) is 14.5. The first-order chi connectivity index (χ1) is 9.61. The average molecular weight is 277 g/mol. The summed E-state index contributed by atoms with van der Waals surface area (Å²) in [6.07, 6.45) is 2.00. The molecule has 0 spiro atoms. The van der Waals surface area contributed by atoms with Gasteiger partial charge in [-0.15, -0.1) is 0 Å². The molecular weight excluding hydrogens is 262 g/mol. The Bertz CT molecular complexity index is 583. The van der Waals surface area contributed by atoms with Gasteiger partial charge in [0.2, 0.25) is 0 Å². The number of nitrogens with zero attached hydrogens (tertiary/aromatic N) is 2. The van der Waals surface area contributed by atoms with Gasteiger partial charge in [0.05, 0.1) is 17.2 Å². The van der Waals surface area contributed by atoms with Crippen LogP contribution in [0.2, 0.25) is 0 Å². The van der Waals surface area contributed by atoms with E-state index in [2.05, 4.69) is 10.3 Å². The number of pyridine rings is 1. The highest BCUT2D eigenvalue weighted by Gasteiger charge is 2.16. The van der Waals surface area contributed by atoms with Gasteiger partial charge >= 0.3 is 0 Å². The van der Waals surface area contributed by atoms with Crippen LogP contribution >= 0.6 is 0 Å². The topological polar surface area (TPSA) is 101 Å². The molecule has 2 aromatic rings. The van der Waals surface area contributed by atoms with E-state index in [1.54, 1.807) is 31.4 Å². The summed E-state index contributed by atoms with van der Waals surface area (Å²) in [6.45, 7) is 1.57. The Balaban J connectivity index is 2.19. The minimum Gasteiger partial charge on any atom is -0.467 e. The summed E-state index contributed by atoms with van der Waals surface area (Å²) >= 11 is 0. The van der Waals surface area contributed by atoms with Gasteiger partial charge in [0.1, 0.15) is 17.3 Å². The van der Waals surface area contributed by atoms with Crippen molar-refractivity contribution < 1.29 is 14.4 Å². The Labute approximate surface area is 115 Å². The van der Waals surface area contributed by atoms with E-state index in [4.69, 9.17) is 9.52 Å². The van der Waals surface area contributed by atoms with Gasteiger partial charge in [-0.05, 0) is 31.5 Å². The third kappa shape index (κ3) is 3.12. The molecule has 1 atom stereocenters. The number of aromatic nitrogens is 1. The largest absolute Gasteiger partial charge is 0.467 e. The van der Waals surface area contributed by atoms with Gasteiger partial charge in [-0.2, -0.15) is 0 Å². The van der Waals surface area contributed by atoms with Crippen LogP contribution in [0.3, 0.4) is 0 Å². The Hall–Kier alpha value is -2.41. The number of anilines is 1. The number of rotatable bonds is 6. The highest BCUT2D eigenvalue weighted by Crippen LogP contribution is 2.24. The minimum absolute atomic E-state index is 0.00959. The molecule has 0 bridgehead atoms. The van der Waals surface area contributed by atoms with Crippen LogP contribution in [0.5, 0.6) is 0 Å². The molecule has 2 rings (SSSR count). The second-order valence-corrected chi connectivity index (χ2v) is 4.28. The van der Waals surface area contributed by atoms with Crippen molar-refractivity contribution in [3.8, 4) is 0 Å². The fourth-order valence-corrected chi connectivity index (χ4v) is 1.91. The van der Waals surface area contributed by atoms with Crippen LogP contribution in [-0.2, 0) is 0 Å². The zero-order valence-corrected chi connectivity index (χ0v) is 10.9. The standard InChI is InChI=1S/C13H15N3O4/c1-9-11(16(18)19)4-5-13(14-9)15-10(6-7-17)12-3-2-8-20-12/h2-5,8,10,17H,6-7H2,1H3,(H,14,15). The van der Waals surface area contributed by atoms with E-state index in [9.17, 15) is 10.1 Å². The molecule has 0 saturated heterocycles. The first-order valence-corrected chi connectivity index (χ1v) is 6.14. The second kappa shape index (κ2) is 6.16. The van der Waals surface area contributed by atoms with Gasteiger partial charge in [0, 0.05) is 12.7 Å². The number of aryl methyl sites for hydroxylation is 1. The molecule has 0 fully saturated rings. The molecule has 20 heavy (non-hydrogen) atoms. The van der Waals surface area contributed by atoms with Crippen LogP contribution < -0.4 is 5.32 Å². The van der Waals surface area contributed by atoms with E-state index in [0.29, 0.717) is 23.7 Å². The Morgan fingerprint density at radius 1 is 1.50 bits per heavy atom. The number of nitrogens with one attached hydrogen (secondary N) is 1. The molecule has 0 amide bonds. The molecule has 0 saturated carbocycles. The quantitative estimate of drug-likeness (QED) is 0.621. The predicted octanol–water partition coefficient (Wildman–Crippen LogP) is 2.43. The molecule has 106 valence electrons. The van der Waals surface area contributed by atoms with Crippen molar-refractivity contribution in [3.05, 3.63) is 52.1 Å². The Kier molecular flexibility index (Phi) is 4.31. The van der Waals surface area contributed by atoms with Gasteiger partial charge in [-0.1, -0.05) is 0 Å². The summed E-state index contributed by atoms with van der Waals surface area (Å²) < 4.78 is 5.30. The van der Waals surface area contributed by atoms with E-state index in [0.717, 1.165) is 0 Å².